The molecule has 0 atom stereocenters. The minimum absolute atomic E-state index is 0.658. The average molecular weight is 230 g/mol. The van der Waals surface area contributed by atoms with E-state index in [4.69, 9.17) is 4.74 Å². The van der Waals surface area contributed by atoms with Crippen molar-refractivity contribution in [1.29, 1.82) is 0 Å². The van der Waals surface area contributed by atoms with Gasteiger partial charge in [-0.3, -0.25) is 0 Å². The van der Waals surface area contributed by atoms with Crippen LogP contribution in [0.2, 0.25) is 0 Å². The number of thiophene rings is 1. The highest BCUT2D eigenvalue weighted by Crippen LogP contribution is 2.37. The van der Waals surface area contributed by atoms with Crippen LogP contribution in [-0.4, -0.2) is 17.1 Å². The van der Waals surface area contributed by atoms with Crippen molar-refractivity contribution in [2.75, 3.05) is 7.11 Å². The molecule has 80 valence electrons. The van der Waals surface area contributed by atoms with Gasteiger partial charge in [0.05, 0.1) is 12.6 Å². The summed E-state index contributed by atoms with van der Waals surface area (Å²) in [7, 11) is 1.64. The quantitative estimate of drug-likeness (QED) is 0.644. The predicted octanol–water partition coefficient (Wildman–Crippen LogP) is 3.16. The lowest BCUT2D eigenvalue weighted by molar-refractivity contribution is 0.403. The van der Waals surface area contributed by atoms with E-state index in [0.29, 0.717) is 5.88 Å². The van der Waals surface area contributed by atoms with Crippen LogP contribution in [0.1, 0.15) is 5.56 Å². The maximum atomic E-state index is 5.26. The lowest BCUT2D eigenvalue weighted by Gasteiger charge is -1.97. The molecule has 4 heteroatoms. The highest BCUT2D eigenvalue weighted by molar-refractivity contribution is 7.26. The summed E-state index contributed by atoms with van der Waals surface area (Å²) in [5, 5.41) is 1.18. The largest absolute Gasteiger partial charge is 0.480 e. The molecule has 0 aliphatic carbocycles. The van der Waals surface area contributed by atoms with Gasteiger partial charge in [0.2, 0.25) is 5.88 Å². The minimum atomic E-state index is 0.658. The first-order valence-electron chi connectivity index (χ1n) is 4.98. The summed E-state index contributed by atoms with van der Waals surface area (Å²) in [5.41, 5.74) is 2.25. The Morgan fingerprint density at radius 3 is 2.88 bits per heavy atom. The summed E-state index contributed by atoms with van der Waals surface area (Å²) < 4.78 is 7.54. The second kappa shape index (κ2) is 3.42. The Morgan fingerprint density at radius 1 is 1.19 bits per heavy atom. The SMILES string of the molecule is COc1ncnc2c1sc1c(C)cccc12. The van der Waals surface area contributed by atoms with Crippen molar-refractivity contribution in [3.63, 3.8) is 0 Å². The van der Waals surface area contributed by atoms with Crippen LogP contribution >= 0.6 is 11.3 Å². The fourth-order valence-electron chi connectivity index (χ4n) is 1.86. The molecule has 0 spiro atoms. The van der Waals surface area contributed by atoms with Crippen molar-refractivity contribution in [3.8, 4) is 5.88 Å². The molecule has 0 amide bonds. The van der Waals surface area contributed by atoms with Gasteiger partial charge < -0.3 is 4.74 Å². The van der Waals surface area contributed by atoms with E-state index in [0.717, 1.165) is 10.2 Å². The first kappa shape index (κ1) is 9.54. The number of aromatic nitrogens is 2. The number of nitrogens with zero attached hydrogens (tertiary/aromatic N) is 2. The van der Waals surface area contributed by atoms with Crippen LogP contribution in [0.5, 0.6) is 5.88 Å². The second-order valence-corrected chi connectivity index (χ2v) is 4.63. The summed E-state index contributed by atoms with van der Waals surface area (Å²) in [6.07, 6.45) is 1.55. The molecule has 16 heavy (non-hydrogen) atoms. The van der Waals surface area contributed by atoms with Gasteiger partial charge in [0.25, 0.3) is 0 Å². The smallest absolute Gasteiger partial charge is 0.234 e. The number of rotatable bonds is 1. The van der Waals surface area contributed by atoms with E-state index >= 15 is 0 Å². The van der Waals surface area contributed by atoms with Crippen LogP contribution in [0, 0.1) is 6.92 Å². The topological polar surface area (TPSA) is 35.0 Å². The van der Waals surface area contributed by atoms with E-state index in [1.165, 1.54) is 15.6 Å². The Morgan fingerprint density at radius 2 is 2.06 bits per heavy atom. The van der Waals surface area contributed by atoms with Gasteiger partial charge in [-0.1, -0.05) is 18.2 Å². The number of hydrogen-bond acceptors (Lipinski definition) is 4. The maximum Gasteiger partial charge on any atom is 0.234 e. The summed E-state index contributed by atoms with van der Waals surface area (Å²) in [6.45, 7) is 2.11. The van der Waals surface area contributed by atoms with E-state index in [2.05, 4.69) is 35.1 Å². The highest BCUT2D eigenvalue weighted by Gasteiger charge is 2.12. The summed E-state index contributed by atoms with van der Waals surface area (Å²) in [6, 6.07) is 6.25. The third kappa shape index (κ3) is 1.20. The molecule has 3 rings (SSSR count). The lowest BCUT2D eigenvalue weighted by Crippen LogP contribution is -1.87. The number of aryl methyl sites for hydroxylation is 1. The Kier molecular flexibility index (Phi) is 2.04. The molecule has 0 saturated heterocycles. The van der Waals surface area contributed by atoms with Crippen LogP contribution in [0.25, 0.3) is 20.3 Å². The highest BCUT2D eigenvalue weighted by atomic mass is 32.1. The van der Waals surface area contributed by atoms with Crippen molar-refractivity contribution >= 4 is 31.6 Å². The maximum absolute atomic E-state index is 5.26. The zero-order valence-electron chi connectivity index (χ0n) is 9.02. The van der Waals surface area contributed by atoms with Gasteiger partial charge in [0.15, 0.2) is 0 Å². The zero-order valence-corrected chi connectivity index (χ0v) is 9.84. The number of ether oxygens (including phenoxy) is 1. The lowest BCUT2D eigenvalue weighted by atomic mass is 10.2. The fraction of sp³-hybridized carbons (Fsp3) is 0.167. The standard InChI is InChI=1S/C12H10N2OS/c1-7-4-3-5-8-9-11(16-10(7)8)12(15-2)14-6-13-9/h3-6H,1-2H3. The van der Waals surface area contributed by atoms with E-state index < -0.39 is 0 Å². The molecular formula is C12H10N2OS. The van der Waals surface area contributed by atoms with Gasteiger partial charge in [0.1, 0.15) is 11.0 Å². The van der Waals surface area contributed by atoms with Gasteiger partial charge in [-0.25, -0.2) is 9.97 Å². The minimum Gasteiger partial charge on any atom is -0.480 e. The van der Waals surface area contributed by atoms with Gasteiger partial charge in [-0.2, -0.15) is 0 Å². The molecule has 0 radical (unpaired) electrons. The summed E-state index contributed by atoms with van der Waals surface area (Å²) in [4.78, 5) is 8.47. The summed E-state index contributed by atoms with van der Waals surface area (Å²) >= 11 is 1.69. The van der Waals surface area contributed by atoms with Crippen LogP contribution in [0.3, 0.4) is 0 Å². The number of benzene rings is 1. The Hall–Kier alpha value is -1.68. The molecule has 0 aliphatic rings. The van der Waals surface area contributed by atoms with E-state index in [9.17, 15) is 0 Å². The van der Waals surface area contributed by atoms with Gasteiger partial charge in [0, 0.05) is 10.1 Å². The van der Waals surface area contributed by atoms with E-state index in [1.807, 2.05) is 0 Å². The molecule has 0 N–H and O–H groups in total. The van der Waals surface area contributed by atoms with Crippen molar-refractivity contribution in [3.05, 3.63) is 30.1 Å². The predicted molar refractivity (Wildman–Crippen MR) is 66.2 cm³/mol. The van der Waals surface area contributed by atoms with Crippen molar-refractivity contribution in [1.82, 2.24) is 9.97 Å². The molecule has 2 heterocycles. The molecular weight excluding hydrogens is 220 g/mol. The van der Waals surface area contributed by atoms with Crippen LogP contribution < -0.4 is 4.74 Å². The molecule has 0 fully saturated rings. The third-order valence-corrected chi connectivity index (χ3v) is 3.95. The van der Waals surface area contributed by atoms with Crippen molar-refractivity contribution < 1.29 is 4.74 Å². The van der Waals surface area contributed by atoms with Crippen LogP contribution in [0.4, 0.5) is 0 Å². The average Bonchev–Trinajstić information content (AvgIpc) is 2.69. The van der Waals surface area contributed by atoms with Gasteiger partial charge >= 0.3 is 0 Å². The fourth-order valence-corrected chi connectivity index (χ4v) is 3.05. The normalized spacial score (nSPS) is 11.1. The van der Waals surface area contributed by atoms with Gasteiger partial charge in [-0.05, 0) is 12.5 Å². The van der Waals surface area contributed by atoms with Gasteiger partial charge in [-0.15, -0.1) is 11.3 Å². The molecule has 0 unspecified atom stereocenters. The first-order chi connectivity index (χ1) is 7.81. The number of fused-ring (bicyclic) bond motifs is 3. The Balaban J connectivity index is 2.55. The summed E-state index contributed by atoms with van der Waals surface area (Å²) in [5.74, 6) is 0.658. The number of methoxy groups -OCH3 is 1. The zero-order chi connectivity index (χ0) is 11.1. The van der Waals surface area contributed by atoms with Crippen LogP contribution in [-0.2, 0) is 0 Å². The molecule has 1 aromatic carbocycles. The monoisotopic (exact) mass is 230 g/mol. The molecule has 3 nitrogen and oxygen atoms in total. The molecule has 2 aromatic heterocycles. The van der Waals surface area contributed by atoms with Crippen molar-refractivity contribution in [2.24, 2.45) is 0 Å². The third-order valence-electron chi connectivity index (χ3n) is 2.64. The van der Waals surface area contributed by atoms with Crippen LogP contribution in [0.15, 0.2) is 24.5 Å². The number of hydrogen-bond donors (Lipinski definition) is 0. The molecule has 0 saturated carbocycles. The van der Waals surface area contributed by atoms with E-state index in [1.54, 1.807) is 24.8 Å². The Bertz CT molecular complexity index is 675. The Labute approximate surface area is 96.7 Å². The first-order valence-corrected chi connectivity index (χ1v) is 5.79. The second-order valence-electron chi connectivity index (χ2n) is 3.61. The molecule has 0 bridgehead atoms. The van der Waals surface area contributed by atoms with Crippen molar-refractivity contribution in [2.45, 2.75) is 6.92 Å². The molecule has 0 aliphatic heterocycles. The molecule has 3 aromatic rings. The van der Waals surface area contributed by atoms with E-state index in [-0.39, 0.29) is 0 Å².